The summed E-state index contributed by atoms with van der Waals surface area (Å²) >= 11 is 6.49. The number of fused-ring (bicyclic) bond motifs is 1. The first-order chi connectivity index (χ1) is 16.9. The van der Waals surface area contributed by atoms with Crippen LogP contribution in [0.1, 0.15) is 20.8 Å². The zero-order valence-corrected chi connectivity index (χ0v) is 21.2. The number of carboxylic acids is 1. The van der Waals surface area contributed by atoms with Gasteiger partial charge in [0, 0.05) is 33.2 Å². The van der Waals surface area contributed by atoms with Crippen molar-refractivity contribution in [2.45, 2.75) is 32.9 Å². The predicted molar refractivity (Wildman–Crippen MR) is 133 cm³/mol. The Morgan fingerprint density at radius 3 is 2.33 bits per heavy atom. The first kappa shape index (κ1) is 25.3. The van der Waals surface area contributed by atoms with E-state index in [9.17, 15) is 24.3 Å². The highest BCUT2D eigenvalue weighted by Gasteiger charge is 2.30. The molecule has 0 unspecified atom stereocenters. The number of imidazole rings is 1. The highest BCUT2D eigenvalue weighted by Crippen LogP contribution is 2.30. The van der Waals surface area contributed by atoms with Crippen LogP contribution >= 0.6 is 11.6 Å². The third-order valence-electron chi connectivity index (χ3n) is 5.72. The molecule has 1 aliphatic heterocycles. The van der Waals surface area contributed by atoms with Gasteiger partial charge in [0.15, 0.2) is 11.2 Å². The van der Waals surface area contributed by atoms with Crippen LogP contribution in [-0.2, 0) is 23.1 Å². The topological polar surface area (TPSA) is 132 Å². The van der Waals surface area contributed by atoms with Crippen LogP contribution < -0.4 is 16.1 Å². The number of carbonyl (C=O) groups excluding carboxylic acids is 1. The molecule has 1 fully saturated rings. The Morgan fingerprint density at radius 1 is 1.11 bits per heavy atom. The number of amides is 1. The summed E-state index contributed by atoms with van der Waals surface area (Å²) in [6.07, 6.45) is -0.425. The van der Waals surface area contributed by atoms with Crippen molar-refractivity contribution in [1.82, 2.24) is 23.6 Å². The molecule has 13 heteroatoms. The lowest BCUT2D eigenvalue weighted by atomic mass is 10.2. The summed E-state index contributed by atoms with van der Waals surface area (Å²) in [5.41, 5.74) is -1.64. The van der Waals surface area contributed by atoms with E-state index in [0.717, 1.165) is 9.13 Å². The van der Waals surface area contributed by atoms with Gasteiger partial charge in [0.25, 0.3) is 5.56 Å². The van der Waals surface area contributed by atoms with Gasteiger partial charge in [0.1, 0.15) is 12.1 Å². The van der Waals surface area contributed by atoms with Gasteiger partial charge in [-0.3, -0.25) is 23.3 Å². The van der Waals surface area contributed by atoms with Gasteiger partial charge in [0.2, 0.25) is 5.95 Å². The number of hydrogen-bond acceptors (Lipinski definition) is 7. The number of anilines is 1. The van der Waals surface area contributed by atoms with E-state index in [2.05, 4.69) is 4.98 Å². The minimum Gasteiger partial charge on any atom is -0.480 e. The van der Waals surface area contributed by atoms with Crippen LogP contribution in [0.15, 0.2) is 33.9 Å². The minimum absolute atomic E-state index is 0.0241. The van der Waals surface area contributed by atoms with Crippen LogP contribution in [0.25, 0.3) is 16.9 Å². The second-order valence-corrected chi connectivity index (χ2v) is 9.86. The van der Waals surface area contributed by atoms with E-state index >= 15 is 0 Å². The quantitative estimate of drug-likeness (QED) is 0.551. The molecule has 1 amide bonds. The Bertz CT molecular complexity index is 1460. The molecular weight excluding hydrogens is 492 g/mol. The normalized spacial score (nSPS) is 14.4. The van der Waals surface area contributed by atoms with Crippen molar-refractivity contribution in [3.8, 4) is 5.69 Å². The number of piperazine rings is 1. The highest BCUT2D eigenvalue weighted by molar-refractivity contribution is 6.32. The number of rotatable bonds is 4. The lowest BCUT2D eigenvalue weighted by Crippen LogP contribution is -2.50. The molecule has 12 nitrogen and oxygen atoms in total. The molecular formula is C23H27ClN6O6. The summed E-state index contributed by atoms with van der Waals surface area (Å²) in [5.74, 6) is -0.944. The van der Waals surface area contributed by atoms with Gasteiger partial charge in [-0.2, -0.15) is 4.98 Å². The average Bonchev–Trinajstić information content (AvgIpc) is 3.20. The van der Waals surface area contributed by atoms with E-state index < -0.39 is 35.5 Å². The van der Waals surface area contributed by atoms with Gasteiger partial charge in [-0.1, -0.05) is 23.7 Å². The van der Waals surface area contributed by atoms with E-state index in [-0.39, 0.29) is 11.2 Å². The Hall–Kier alpha value is -3.80. The monoisotopic (exact) mass is 518 g/mol. The first-order valence-corrected chi connectivity index (χ1v) is 11.7. The van der Waals surface area contributed by atoms with Crippen LogP contribution in [0.3, 0.4) is 0 Å². The summed E-state index contributed by atoms with van der Waals surface area (Å²) in [4.78, 5) is 58.1. The molecule has 0 spiro atoms. The molecule has 192 valence electrons. The third kappa shape index (κ3) is 4.68. The maximum Gasteiger partial charge on any atom is 0.410 e. The van der Waals surface area contributed by atoms with Gasteiger partial charge in [-0.05, 0) is 32.9 Å². The van der Waals surface area contributed by atoms with Crippen molar-refractivity contribution in [3.05, 3.63) is 50.1 Å². The van der Waals surface area contributed by atoms with E-state index in [1.54, 1.807) is 54.5 Å². The molecule has 0 bridgehead atoms. The summed E-state index contributed by atoms with van der Waals surface area (Å²) in [6, 6.07) is 6.85. The Balaban J connectivity index is 1.86. The Kier molecular flexibility index (Phi) is 6.56. The molecule has 1 saturated heterocycles. The van der Waals surface area contributed by atoms with Gasteiger partial charge >= 0.3 is 17.8 Å². The van der Waals surface area contributed by atoms with Crippen molar-refractivity contribution in [2.24, 2.45) is 7.05 Å². The highest BCUT2D eigenvalue weighted by atomic mass is 35.5. The number of carbonyl (C=O) groups is 2. The molecule has 4 rings (SSSR count). The van der Waals surface area contributed by atoms with Gasteiger partial charge in [-0.25, -0.2) is 9.59 Å². The number of carboxylic acid groups (broad SMARTS) is 1. The fraction of sp³-hybridized carbons (Fsp3) is 0.435. The molecule has 0 aliphatic carbocycles. The lowest BCUT2D eigenvalue weighted by Gasteiger charge is -2.36. The Labute approximate surface area is 210 Å². The molecule has 0 radical (unpaired) electrons. The van der Waals surface area contributed by atoms with Crippen LogP contribution in [0.5, 0.6) is 0 Å². The fourth-order valence-corrected chi connectivity index (χ4v) is 4.28. The summed E-state index contributed by atoms with van der Waals surface area (Å²) in [5, 5.41) is 9.73. The summed E-state index contributed by atoms with van der Waals surface area (Å²) < 4.78 is 8.81. The van der Waals surface area contributed by atoms with Gasteiger partial charge in [0.05, 0.1) is 10.7 Å². The number of hydrogen-bond donors (Lipinski definition) is 1. The molecule has 36 heavy (non-hydrogen) atoms. The smallest absolute Gasteiger partial charge is 0.410 e. The van der Waals surface area contributed by atoms with E-state index in [4.69, 9.17) is 16.3 Å². The lowest BCUT2D eigenvalue weighted by molar-refractivity contribution is -0.137. The van der Waals surface area contributed by atoms with E-state index in [0.29, 0.717) is 42.8 Å². The second-order valence-electron chi connectivity index (χ2n) is 9.45. The summed E-state index contributed by atoms with van der Waals surface area (Å²) in [6.45, 7) is 6.10. The second kappa shape index (κ2) is 9.34. The fourth-order valence-electron chi connectivity index (χ4n) is 4.06. The maximum absolute atomic E-state index is 13.3. The zero-order valence-electron chi connectivity index (χ0n) is 20.4. The molecule has 1 aliphatic rings. The van der Waals surface area contributed by atoms with Gasteiger partial charge in [-0.15, -0.1) is 0 Å². The SMILES string of the molecule is Cn1c(=O)c2c(nc(N3CCN(C(=O)OC(C)(C)C)CC3)n2-c2ccccc2Cl)n(CC(=O)O)c1=O. The molecule has 0 saturated carbocycles. The third-order valence-corrected chi connectivity index (χ3v) is 6.04. The predicted octanol–water partition coefficient (Wildman–Crippen LogP) is 1.68. The first-order valence-electron chi connectivity index (χ1n) is 11.3. The van der Waals surface area contributed by atoms with Crippen molar-refractivity contribution in [3.63, 3.8) is 0 Å². The summed E-state index contributed by atoms with van der Waals surface area (Å²) in [7, 11) is 1.28. The largest absolute Gasteiger partial charge is 0.480 e. The van der Waals surface area contributed by atoms with E-state index in [1.165, 1.54) is 7.05 Å². The molecule has 1 N–H and O–H groups in total. The van der Waals surface area contributed by atoms with Crippen LogP contribution in [0.4, 0.5) is 10.7 Å². The zero-order chi connectivity index (χ0) is 26.4. The molecule has 3 heterocycles. The van der Waals surface area contributed by atoms with Crippen LogP contribution in [-0.4, -0.2) is 72.5 Å². The van der Waals surface area contributed by atoms with Crippen molar-refractivity contribution < 1.29 is 19.4 Å². The molecule has 3 aromatic rings. The number of aromatic nitrogens is 4. The number of para-hydroxylation sites is 1. The van der Waals surface area contributed by atoms with Crippen molar-refractivity contribution >= 4 is 40.8 Å². The molecule has 0 atom stereocenters. The van der Waals surface area contributed by atoms with Gasteiger partial charge < -0.3 is 19.6 Å². The average molecular weight is 519 g/mol. The molecule has 1 aromatic carbocycles. The number of nitrogens with zero attached hydrogens (tertiary/aromatic N) is 6. The number of benzene rings is 1. The molecule has 2 aromatic heterocycles. The number of halogens is 1. The maximum atomic E-state index is 13.3. The Morgan fingerprint density at radius 2 is 1.75 bits per heavy atom. The van der Waals surface area contributed by atoms with E-state index in [1.807, 2.05) is 4.90 Å². The van der Waals surface area contributed by atoms with Crippen LogP contribution in [0.2, 0.25) is 5.02 Å². The number of aliphatic carboxylic acids is 1. The number of ether oxygens (including phenoxy) is 1. The van der Waals surface area contributed by atoms with Crippen molar-refractivity contribution in [2.75, 3.05) is 31.1 Å². The van der Waals surface area contributed by atoms with Crippen molar-refractivity contribution in [1.29, 1.82) is 0 Å². The van der Waals surface area contributed by atoms with Crippen LogP contribution in [0, 0.1) is 0 Å². The minimum atomic E-state index is -1.25. The standard InChI is InChI=1S/C23H27ClN6O6/c1-23(2,3)36-22(35)28-11-9-27(10-12-28)20-25-18-17(30(20)15-8-6-5-7-14(15)24)19(33)26(4)21(34)29(18)13-16(31)32/h5-8H,9-13H2,1-4H3,(H,31,32).